The maximum atomic E-state index is 11.9. The summed E-state index contributed by atoms with van der Waals surface area (Å²) in [7, 11) is 0. The Labute approximate surface area is 101 Å². The lowest BCUT2D eigenvalue weighted by Crippen LogP contribution is -2.37. The fourth-order valence-electron chi connectivity index (χ4n) is 2.08. The number of aromatic hydroxyl groups is 1. The number of carbonyl (C=O) groups is 1. The summed E-state index contributed by atoms with van der Waals surface area (Å²) in [6.45, 7) is 3.42. The molecule has 1 aliphatic rings. The molecule has 1 aromatic rings. The molecule has 1 aromatic carbocycles. The van der Waals surface area contributed by atoms with E-state index < -0.39 is 0 Å². The van der Waals surface area contributed by atoms with Gasteiger partial charge in [-0.25, -0.2) is 0 Å². The second kappa shape index (κ2) is 5.19. The minimum atomic E-state index is -0.208. The van der Waals surface area contributed by atoms with Crippen molar-refractivity contribution < 1.29 is 9.90 Å². The molecule has 17 heavy (non-hydrogen) atoms. The molecule has 1 unspecified atom stereocenters. The molecular formula is C13H18N2O2. The number of amides is 1. The number of phenols is 1. The number of aryl methyl sites for hydroxylation is 1. The zero-order valence-electron chi connectivity index (χ0n) is 9.99. The van der Waals surface area contributed by atoms with Crippen LogP contribution in [0.4, 0.5) is 0 Å². The van der Waals surface area contributed by atoms with E-state index in [1.165, 1.54) is 0 Å². The van der Waals surface area contributed by atoms with E-state index in [4.69, 9.17) is 0 Å². The lowest BCUT2D eigenvalue weighted by atomic mass is 10.1. The quantitative estimate of drug-likeness (QED) is 0.736. The highest BCUT2D eigenvalue weighted by Gasteiger charge is 2.17. The molecule has 1 saturated heterocycles. The van der Waals surface area contributed by atoms with Crippen LogP contribution in [-0.4, -0.2) is 30.1 Å². The Hall–Kier alpha value is -1.55. The molecule has 0 radical (unpaired) electrons. The molecule has 1 amide bonds. The molecule has 0 saturated carbocycles. The molecule has 1 atom stereocenters. The highest BCUT2D eigenvalue weighted by molar-refractivity contribution is 5.97. The van der Waals surface area contributed by atoms with Gasteiger partial charge in [-0.05, 0) is 37.9 Å². The average Bonchev–Trinajstić information content (AvgIpc) is 2.82. The maximum absolute atomic E-state index is 11.9. The number of rotatable bonds is 3. The highest BCUT2D eigenvalue weighted by Crippen LogP contribution is 2.21. The second-order valence-corrected chi connectivity index (χ2v) is 4.47. The Morgan fingerprint density at radius 2 is 2.41 bits per heavy atom. The number of nitrogens with one attached hydrogen (secondary N) is 2. The average molecular weight is 234 g/mol. The first-order valence-corrected chi connectivity index (χ1v) is 5.98. The number of hydrogen-bond donors (Lipinski definition) is 3. The second-order valence-electron chi connectivity index (χ2n) is 4.47. The lowest BCUT2D eigenvalue weighted by Gasteiger charge is -2.12. The van der Waals surface area contributed by atoms with E-state index in [2.05, 4.69) is 10.6 Å². The van der Waals surface area contributed by atoms with Crippen molar-refractivity contribution in [3.05, 3.63) is 29.3 Å². The van der Waals surface area contributed by atoms with Gasteiger partial charge in [-0.2, -0.15) is 0 Å². The predicted molar refractivity (Wildman–Crippen MR) is 66.2 cm³/mol. The van der Waals surface area contributed by atoms with Gasteiger partial charge in [-0.3, -0.25) is 4.79 Å². The summed E-state index contributed by atoms with van der Waals surface area (Å²) in [4.78, 5) is 11.9. The molecule has 3 N–H and O–H groups in total. The molecule has 0 aliphatic carbocycles. The van der Waals surface area contributed by atoms with Crippen LogP contribution in [0.25, 0.3) is 0 Å². The van der Waals surface area contributed by atoms with Gasteiger partial charge < -0.3 is 15.7 Å². The van der Waals surface area contributed by atoms with E-state index in [1.807, 2.05) is 0 Å². The Balaban J connectivity index is 1.97. The van der Waals surface area contributed by atoms with Crippen LogP contribution in [-0.2, 0) is 0 Å². The molecule has 0 bridgehead atoms. The van der Waals surface area contributed by atoms with Gasteiger partial charge in [0, 0.05) is 12.6 Å². The SMILES string of the molecule is Cc1cccc(C(=O)NCC2CCCN2)c1O. The van der Waals surface area contributed by atoms with Crippen LogP contribution < -0.4 is 10.6 Å². The van der Waals surface area contributed by atoms with Crippen molar-refractivity contribution in [2.75, 3.05) is 13.1 Å². The number of hydrogen-bond acceptors (Lipinski definition) is 3. The van der Waals surface area contributed by atoms with Gasteiger partial charge in [0.2, 0.25) is 0 Å². The topological polar surface area (TPSA) is 61.4 Å². The van der Waals surface area contributed by atoms with Crippen molar-refractivity contribution in [2.24, 2.45) is 0 Å². The van der Waals surface area contributed by atoms with Crippen LogP contribution in [0, 0.1) is 6.92 Å². The standard InChI is InChI=1S/C13H18N2O2/c1-9-4-2-6-11(12(9)16)13(17)15-8-10-5-3-7-14-10/h2,4,6,10,14,16H,3,5,7-8H2,1H3,(H,15,17). The van der Waals surface area contributed by atoms with Crippen molar-refractivity contribution in [2.45, 2.75) is 25.8 Å². The summed E-state index contributed by atoms with van der Waals surface area (Å²) >= 11 is 0. The summed E-state index contributed by atoms with van der Waals surface area (Å²) in [5, 5.41) is 15.9. The number of phenolic OH excluding ortho intramolecular Hbond substituents is 1. The smallest absolute Gasteiger partial charge is 0.255 e. The van der Waals surface area contributed by atoms with Gasteiger partial charge in [0.25, 0.3) is 5.91 Å². The van der Waals surface area contributed by atoms with E-state index in [1.54, 1.807) is 25.1 Å². The van der Waals surface area contributed by atoms with Crippen molar-refractivity contribution in [3.8, 4) is 5.75 Å². The first kappa shape index (κ1) is 11.9. The monoisotopic (exact) mass is 234 g/mol. The molecule has 92 valence electrons. The largest absolute Gasteiger partial charge is 0.507 e. The number of carbonyl (C=O) groups excluding carboxylic acids is 1. The summed E-state index contributed by atoms with van der Waals surface area (Å²) in [6, 6.07) is 5.56. The van der Waals surface area contributed by atoms with Crippen molar-refractivity contribution in [1.29, 1.82) is 0 Å². The van der Waals surface area contributed by atoms with Gasteiger partial charge in [0.05, 0.1) is 5.56 Å². The van der Waals surface area contributed by atoms with Crippen molar-refractivity contribution in [3.63, 3.8) is 0 Å². The van der Waals surface area contributed by atoms with Crippen LogP contribution in [0.2, 0.25) is 0 Å². The minimum Gasteiger partial charge on any atom is -0.507 e. The maximum Gasteiger partial charge on any atom is 0.255 e. The van der Waals surface area contributed by atoms with Gasteiger partial charge in [-0.1, -0.05) is 12.1 Å². The van der Waals surface area contributed by atoms with Crippen LogP contribution in [0.3, 0.4) is 0 Å². The third-order valence-corrected chi connectivity index (χ3v) is 3.15. The van der Waals surface area contributed by atoms with Crippen molar-refractivity contribution in [1.82, 2.24) is 10.6 Å². The molecule has 0 aromatic heterocycles. The molecule has 1 fully saturated rings. The van der Waals surface area contributed by atoms with Gasteiger partial charge in [-0.15, -0.1) is 0 Å². The third kappa shape index (κ3) is 2.77. The summed E-state index contributed by atoms with van der Waals surface area (Å²) in [5.41, 5.74) is 1.07. The summed E-state index contributed by atoms with van der Waals surface area (Å²) in [5.74, 6) is -0.135. The number of benzene rings is 1. The van der Waals surface area contributed by atoms with Crippen molar-refractivity contribution >= 4 is 5.91 Å². The third-order valence-electron chi connectivity index (χ3n) is 3.15. The summed E-state index contributed by atoms with van der Waals surface area (Å²) < 4.78 is 0. The fraction of sp³-hybridized carbons (Fsp3) is 0.462. The molecule has 1 aliphatic heterocycles. The number of para-hydroxylation sites is 1. The van der Waals surface area contributed by atoms with Crippen LogP contribution in [0.1, 0.15) is 28.8 Å². The molecule has 2 rings (SSSR count). The van der Waals surface area contributed by atoms with E-state index in [0.717, 1.165) is 24.9 Å². The van der Waals surface area contributed by atoms with Crippen LogP contribution in [0.15, 0.2) is 18.2 Å². The molecule has 4 nitrogen and oxygen atoms in total. The first-order valence-electron chi connectivity index (χ1n) is 5.98. The fourth-order valence-corrected chi connectivity index (χ4v) is 2.08. The lowest BCUT2D eigenvalue weighted by molar-refractivity contribution is 0.0947. The van der Waals surface area contributed by atoms with E-state index in [-0.39, 0.29) is 11.7 Å². The minimum absolute atomic E-state index is 0.0735. The Bertz CT molecular complexity index is 412. The Morgan fingerprint density at radius 1 is 1.59 bits per heavy atom. The van der Waals surface area contributed by atoms with Gasteiger partial charge >= 0.3 is 0 Å². The normalized spacial score (nSPS) is 19.2. The predicted octanol–water partition coefficient (Wildman–Crippen LogP) is 1.18. The zero-order chi connectivity index (χ0) is 12.3. The highest BCUT2D eigenvalue weighted by atomic mass is 16.3. The summed E-state index contributed by atoms with van der Waals surface area (Å²) in [6.07, 6.45) is 2.26. The van der Waals surface area contributed by atoms with Gasteiger partial charge in [0.1, 0.15) is 5.75 Å². The first-order chi connectivity index (χ1) is 8.18. The zero-order valence-corrected chi connectivity index (χ0v) is 9.99. The van der Waals surface area contributed by atoms with Gasteiger partial charge in [0.15, 0.2) is 0 Å². The molecule has 4 heteroatoms. The molecular weight excluding hydrogens is 216 g/mol. The Kier molecular flexibility index (Phi) is 3.64. The van der Waals surface area contributed by atoms with E-state index in [0.29, 0.717) is 18.2 Å². The Morgan fingerprint density at radius 3 is 3.12 bits per heavy atom. The van der Waals surface area contributed by atoms with E-state index >= 15 is 0 Å². The molecule has 0 spiro atoms. The van der Waals surface area contributed by atoms with Crippen LogP contribution >= 0.6 is 0 Å². The van der Waals surface area contributed by atoms with E-state index in [9.17, 15) is 9.90 Å². The molecule has 1 heterocycles. The van der Waals surface area contributed by atoms with Crippen LogP contribution in [0.5, 0.6) is 5.75 Å².